The zero-order chi connectivity index (χ0) is 61.1. The van der Waals surface area contributed by atoms with Crippen molar-refractivity contribution in [1.82, 2.24) is 48.7 Å². The number of hydrogen-bond donors (Lipinski definition) is 2. The fourth-order valence-corrected chi connectivity index (χ4v) is 12.2. The van der Waals surface area contributed by atoms with Gasteiger partial charge in [0.05, 0.1) is 22.1 Å². The van der Waals surface area contributed by atoms with Gasteiger partial charge in [-0.05, 0) is 93.0 Å². The maximum Gasteiger partial charge on any atom is 0.431 e. The van der Waals surface area contributed by atoms with Crippen LogP contribution in [-0.4, -0.2) is 177 Å². The van der Waals surface area contributed by atoms with Crippen LogP contribution in [0.25, 0.3) is 33.2 Å². The van der Waals surface area contributed by atoms with E-state index in [0.29, 0.717) is 61.4 Å². The normalized spacial score (nSPS) is 16.5. The number of pyridine rings is 2. The van der Waals surface area contributed by atoms with E-state index >= 15 is 22.4 Å². The van der Waals surface area contributed by atoms with Crippen LogP contribution in [0.5, 0.6) is 0 Å². The summed E-state index contributed by atoms with van der Waals surface area (Å²) < 4.78 is 108. The Kier molecular flexibility index (Phi) is 16.4. The Morgan fingerprint density at radius 3 is 1.48 bits per heavy atom. The van der Waals surface area contributed by atoms with E-state index in [2.05, 4.69) is 41.8 Å². The van der Waals surface area contributed by atoms with Crippen LogP contribution >= 0.6 is 0 Å². The summed E-state index contributed by atoms with van der Waals surface area (Å²) in [4.78, 5) is 88.1. The SMILES string of the molecule is C=CC(=O)N1CCN(c2nc(N3CC(N(CC)CCc4cc(C)c(-n5c(C(F)(F)F)cc6c(N7CCN(C(=O)C=C)CC7)nc(N7CC(N(CC)CC)C7)nc6c5=O)c(C)c4N)C3)nc3c(=O)n(-c4c(N)cccc4F)c(C(F)(F)F)cc23)CC1. The minimum atomic E-state index is -5.16. The average Bonchev–Trinajstić information content (AvgIpc) is 1.04. The molecule has 27 heteroatoms. The topological polar surface area (TPSA) is 208 Å². The van der Waals surface area contributed by atoms with E-state index in [9.17, 15) is 27.6 Å². The van der Waals surface area contributed by atoms with Gasteiger partial charge in [-0.15, -0.1) is 0 Å². The summed E-state index contributed by atoms with van der Waals surface area (Å²) >= 11 is 0. The first kappa shape index (κ1) is 59.8. The van der Waals surface area contributed by atoms with Crippen molar-refractivity contribution >= 4 is 68.5 Å². The number of likely N-dealkylation sites (N-methyl/N-ethyl adjacent to an activating group) is 2. The summed E-state index contributed by atoms with van der Waals surface area (Å²) in [5.41, 5.74) is 7.46. The van der Waals surface area contributed by atoms with Gasteiger partial charge >= 0.3 is 12.4 Å². The molecule has 85 heavy (non-hydrogen) atoms. The van der Waals surface area contributed by atoms with E-state index in [1.165, 1.54) is 23.1 Å². The molecule has 0 saturated carbocycles. The van der Waals surface area contributed by atoms with Crippen molar-refractivity contribution in [2.24, 2.45) is 0 Å². The Labute approximate surface area is 485 Å². The average molecular weight is 1190 g/mol. The number of para-hydroxylation sites is 1. The second-order valence-electron chi connectivity index (χ2n) is 21.7. The minimum absolute atomic E-state index is 0.0164. The lowest BCUT2D eigenvalue weighted by atomic mass is 9.97. The van der Waals surface area contributed by atoms with Gasteiger partial charge in [-0.1, -0.05) is 46.1 Å². The quantitative estimate of drug-likeness (QED) is 0.0669. The number of carbonyl (C=O) groups excluding carboxylic acids is 2. The Hall–Kier alpha value is -8.33. The van der Waals surface area contributed by atoms with Crippen LogP contribution in [0.15, 0.2) is 71.3 Å². The summed E-state index contributed by atoms with van der Waals surface area (Å²) in [6.07, 6.45) is -7.49. The predicted molar refractivity (Wildman–Crippen MR) is 312 cm³/mol. The van der Waals surface area contributed by atoms with Crippen LogP contribution in [-0.2, 0) is 28.4 Å². The highest BCUT2D eigenvalue weighted by molar-refractivity contribution is 5.93. The molecular formula is C58H67F7N16O4. The lowest BCUT2D eigenvalue weighted by Crippen LogP contribution is -2.60. The molecule has 0 unspecified atom stereocenters. The molecule has 0 aliphatic carbocycles. The lowest BCUT2D eigenvalue weighted by molar-refractivity contribution is -0.143. The fraction of sp³-hybridized carbons (Fsp3) is 0.448. The van der Waals surface area contributed by atoms with Crippen molar-refractivity contribution in [3.05, 3.63) is 116 Å². The van der Waals surface area contributed by atoms with Gasteiger partial charge in [-0.25, -0.2) is 14.4 Å². The maximum absolute atomic E-state index is 15.6. The summed E-state index contributed by atoms with van der Waals surface area (Å²) in [6, 6.07) is 6.66. The Balaban J connectivity index is 0.951. The number of hydrogen-bond acceptors (Lipinski definition) is 16. The first-order valence-electron chi connectivity index (χ1n) is 28.2. The van der Waals surface area contributed by atoms with E-state index in [-0.39, 0.29) is 138 Å². The number of aryl methyl sites for hydroxylation is 1. The molecule has 0 radical (unpaired) electrons. The molecule has 4 fully saturated rings. The summed E-state index contributed by atoms with van der Waals surface area (Å²) in [7, 11) is 0. The van der Waals surface area contributed by atoms with Crippen LogP contribution in [0.3, 0.4) is 0 Å². The van der Waals surface area contributed by atoms with Gasteiger partial charge in [0.2, 0.25) is 23.7 Å². The molecule has 8 heterocycles. The molecule has 10 rings (SSSR count). The molecule has 452 valence electrons. The molecule has 4 aliphatic rings. The first-order chi connectivity index (χ1) is 40.4. The maximum atomic E-state index is 15.6. The minimum Gasteiger partial charge on any atom is -0.398 e. The zero-order valence-electron chi connectivity index (χ0n) is 47.9. The second-order valence-corrected chi connectivity index (χ2v) is 21.7. The van der Waals surface area contributed by atoms with Gasteiger partial charge in [0.25, 0.3) is 11.1 Å². The number of rotatable bonds is 16. The first-order valence-corrected chi connectivity index (χ1v) is 28.2. The Morgan fingerprint density at radius 2 is 1.07 bits per heavy atom. The monoisotopic (exact) mass is 1180 g/mol. The molecule has 2 aromatic carbocycles. The van der Waals surface area contributed by atoms with Gasteiger partial charge in [0.15, 0.2) is 0 Å². The van der Waals surface area contributed by atoms with Crippen molar-refractivity contribution in [1.29, 1.82) is 0 Å². The van der Waals surface area contributed by atoms with Crippen LogP contribution < -0.4 is 42.2 Å². The number of alkyl halides is 6. The van der Waals surface area contributed by atoms with Crippen LogP contribution in [0.2, 0.25) is 0 Å². The van der Waals surface area contributed by atoms with Gasteiger partial charge in [0, 0.05) is 103 Å². The number of benzene rings is 2. The summed E-state index contributed by atoms with van der Waals surface area (Å²) in [5, 5.41) is -0.306. The fourth-order valence-electron chi connectivity index (χ4n) is 12.2. The second kappa shape index (κ2) is 23.3. The molecule has 4 aromatic heterocycles. The number of nitrogen functional groups attached to an aromatic ring is 2. The number of piperazine rings is 2. The molecule has 2 amide bonds. The molecule has 6 aromatic rings. The van der Waals surface area contributed by atoms with E-state index in [0.717, 1.165) is 37.4 Å². The van der Waals surface area contributed by atoms with Crippen LogP contribution in [0.4, 0.5) is 65.6 Å². The summed E-state index contributed by atoms with van der Waals surface area (Å²) in [5.74, 6) is -1.35. The van der Waals surface area contributed by atoms with Gasteiger partial charge < -0.3 is 40.9 Å². The van der Waals surface area contributed by atoms with Crippen molar-refractivity contribution in [3.63, 3.8) is 0 Å². The molecule has 4 saturated heterocycles. The smallest absolute Gasteiger partial charge is 0.398 e. The number of halogens is 7. The molecule has 0 bridgehead atoms. The number of aromatic nitrogens is 6. The van der Waals surface area contributed by atoms with Crippen LogP contribution in [0, 0.1) is 19.7 Å². The Bertz CT molecular complexity index is 3720. The molecule has 4 N–H and O–H groups in total. The van der Waals surface area contributed by atoms with Gasteiger partial charge in [-0.3, -0.25) is 38.1 Å². The summed E-state index contributed by atoms with van der Waals surface area (Å²) in [6.45, 7) is 22.3. The standard InChI is InChI=1S/C58H67F7N16O4/c1-8-44(82)74-18-22-76(23-19-74)51-38-27-42(57(60,61)62)80(53(84)47(38)68-55(70-51)78-29-36(30-78)72(10-3)11-4)49-33(6)26-35(46(67)34(49)7)16-17-73(12-5)37-31-79(32-37)56-69-48-39(52(71-56)77-24-20-75(21-25-77)45(83)9-2)28-43(58(63,64)65)81(54(48)85)50-40(59)14-13-15-41(50)66/h8-9,13-15,26-28,36-37H,1-2,10-12,16-25,29-32,66-67H2,3-7H3. The van der Waals surface area contributed by atoms with E-state index in [4.69, 9.17) is 26.4 Å². The third kappa shape index (κ3) is 11.1. The third-order valence-electron chi connectivity index (χ3n) is 16.9. The largest absolute Gasteiger partial charge is 0.431 e. The van der Waals surface area contributed by atoms with Crippen molar-refractivity contribution < 1.29 is 40.3 Å². The third-order valence-corrected chi connectivity index (χ3v) is 16.9. The number of amides is 2. The molecule has 0 spiro atoms. The van der Waals surface area contributed by atoms with Crippen molar-refractivity contribution in [3.8, 4) is 11.4 Å². The number of carbonyl (C=O) groups is 2. The van der Waals surface area contributed by atoms with E-state index < -0.39 is 57.6 Å². The van der Waals surface area contributed by atoms with Gasteiger partial charge in [-0.2, -0.15) is 36.3 Å². The molecule has 0 atom stereocenters. The highest BCUT2D eigenvalue weighted by Crippen LogP contribution is 2.40. The molecule has 4 aliphatic heterocycles. The number of nitrogens with zero attached hydrogens (tertiary/aromatic N) is 14. The molecule has 20 nitrogen and oxygen atoms in total. The number of nitrogens with two attached hydrogens (primary N) is 2. The lowest BCUT2D eigenvalue weighted by Gasteiger charge is -2.45. The predicted octanol–water partition coefficient (Wildman–Crippen LogP) is 5.79. The Morgan fingerprint density at radius 1 is 0.635 bits per heavy atom. The van der Waals surface area contributed by atoms with Crippen molar-refractivity contribution in [2.75, 3.05) is 136 Å². The van der Waals surface area contributed by atoms with E-state index in [1.807, 2.05) is 11.8 Å². The number of anilines is 6. The van der Waals surface area contributed by atoms with Crippen LogP contribution in [0.1, 0.15) is 48.8 Å². The zero-order valence-corrected chi connectivity index (χ0v) is 47.9. The van der Waals surface area contributed by atoms with Crippen molar-refractivity contribution in [2.45, 2.75) is 65.5 Å². The van der Waals surface area contributed by atoms with Gasteiger partial charge in [0.1, 0.15) is 45.6 Å². The highest BCUT2D eigenvalue weighted by atomic mass is 19.4. The molecular weight excluding hydrogens is 1120 g/mol. The number of fused-ring (bicyclic) bond motifs is 2. The van der Waals surface area contributed by atoms with E-state index in [1.54, 1.807) is 39.5 Å². The highest BCUT2D eigenvalue weighted by Gasteiger charge is 2.42.